The molecule has 0 fully saturated rings. The van der Waals surface area contributed by atoms with E-state index in [-0.39, 0.29) is 23.2 Å². The molecule has 1 atom stereocenters. The van der Waals surface area contributed by atoms with Crippen molar-refractivity contribution in [3.05, 3.63) is 95.6 Å². The number of halogens is 2. The highest BCUT2D eigenvalue weighted by Gasteiger charge is 2.32. The first kappa shape index (κ1) is 28.8. The average molecular weight is 544 g/mol. The van der Waals surface area contributed by atoms with Gasteiger partial charge in [-0.2, -0.15) is 0 Å². The van der Waals surface area contributed by atoms with Gasteiger partial charge < -0.3 is 10.2 Å². The van der Waals surface area contributed by atoms with Gasteiger partial charge in [-0.1, -0.05) is 29.8 Å². The van der Waals surface area contributed by atoms with Crippen LogP contribution in [0.25, 0.3) is 0 Å². The van der Waals surface area contributed by atoms with Gasteiger partial charge in [0.25, 0.3) is 10.0 Å². The van der Waals surface area contributed by atoms with Gasteiger partial charge >= 0.3 is 0 Å². The highest BCUT2D eigenvalue weighted by atomic mass is 32.2. The van der Waals surface area contributed by atoms with Crippen molar-refractivity contribution in [2.75, 3.05) is 10.8 Å². The van der Waals surface area contributed by atoms with E-state index in [1.54, 1.807) is 26.0 Å². The number of anilines is 1. The van der Waals surface area contributed by atoms with Crippen molar-refractivity contribution in [3.8, 4) is 0 Å². The second-order valence-electron chi connectivity index (χ2n) is 9.29. The minimum Gasteiger partial charge on any atom is -0.352 e. The standard InChI is InChI=1S/C28H31F2N3O4S/c1-19(2)31-28(35)21(4)32(17-22-7-9-23(29)10-8-22)27(34)18-33(25-13-11-24(30)12-14-25)38(36,37)26-15-5-20(3)6-16-26/h5-16,19,21H,17-18H2,1-4H3,(H,31,35)/t21-/m0/s1. The molecule has 3 aromatic rings. The van der Waals surface area contributed by atoms with E-state index in [2.05, 4.69) is 5.32 Å². The summed E-state index contributed by atoms with van der Waals surface area (Å²) in [5, 5.41) is 2.76. The van der Waals surface area contributed by atoms with Gasteiger partial charge in [0, 0.05) is 12.6 Å². The number of carbonyl (C=O) groups is 2. The third-order valence-electron chi connectivity index (χ3n) is 5.87. The van der Waals surface area contributed by atoms with Crippen LogP contribution in [-0.4, -0.2) is 43.8 Å². The molecule has 3 rings (SSSR count). The normalized spacial score (nSPS) is 12.2. The van der Waals surface area contributed by atoms with Crippen molar-refractivity contribution in [2.45, 2.75) is 51.2 Å². The Morgan fingerprint density at radius 1 is 0.842 bits per heavy atom. The van der Waals surface area contributed by atoms with Crippen LogP contribution in [0.15, 0.2) is 77.7 Å². The van der Waals surface area contributed by atoms with Crippen LogP contribution in [-0.2, 0) is 26.2 Å². The summed E-state index contributed by atoms with van der Waals surface area (Å²) in [6.07, 6.45) is 0. The predicted octanol–water partition coefficient (Wildman–Crippen LogP) is 4.41. The van der Waals surface area contributed by atoms with Crippen LogP contribution < -0.4 is 9.62 Å². The van der Waals surface area contributed by atoms with Crippen LogP contribution in [0.4, 0.5) is 14.5 Å². The van der Waals surface area contributed by atoms with Gasteiger partial charge in [0.2, 0.25) is 11.8 Å². The molecule has 0 radical (unpaired) electrons. The van der Waals surface area contributed by atoms with E-state index in [1.807, 2.05) is 6.92 Å². The monoisotopic (exact) mass is 543 g/mol. The highest BCUT2D eigenvalue weighted by molar-refractivity contribution is 7.92. The summed E-state index contributed by atoms with van der Waals surface area (Å²) in [6, 6.07) is 15.2. The maximum absolute atomic E-state index is 13.7. The van der Waals surface area contributed by atoms with E-state index < -0.39 is 46.1 Å². The number of amides is 2. The summed E-state index contributed by atoms with van der Waals surface area (Å²) >= 11 is 0. The lowest BCUT2D eigenvalue weighted by atomic mass is 10.1. The number of hydrogen-bond donors (Lipinski definition) is 1. The Bertz CT molecular complexity index is 1360. The van der Waals surface area contributed by atoms with Crippen molar-refractivity contribution in [2.24, 2.45) is 0 Å². The Labute approximate surface area is 222 Å². The molecule has 0 aromatic heterocycles. The summed E-state index contributed by atoms with van der Waals surface area (Å²) in [4.78, 5) is 27.8. The van der Waals surface area contributed by atoms with Gasteiger partial charge in [-0.3, -0.25) is 13.9 Å². The van der Waals surface area contributed by atoms with Crippen LogP contribution in [0, 0.1) is 18.6 Å². The molecule has 2 amide bonds. The Morgan fingerprint density at radius 3 is 1.89 bits per heavy atom. The van der Waals surface area contributed by atoms with Crippen LogP contribution in [0.2, 0.25) is 0 Å². The van der Waals surface area contributed by atoms with E-state index in [9.17, 15) is 26.8 Å². The van der Waals surface area contributed by atoms with Crippen molar-refractivity contribution in [1.82, 2.24) is 10.2 Å². The molecule has 0 aliphatic carbocycles. The van der Waals surface area contributed by atoms with Crippen LogP contribution in [0.5, 0.6) is 0 Å². The predicted molar refractivity (Wildman–Crippen MR) is 142 cm³/mol. The first-order valence-corrected chi connectivity index (χ1v) is 13.5. The molecule has 1 N–H and O–H groups in total. The highest BCUT2D eigenvalue weighted by Crippen LogP contribution is 2.25. The molecule has 0 unspecified atom stereocenters. The lowest BCUT2D eigenvalue weighted by molar-refractivity contribution is -0.139. The summed E-state index contributed by atoms with van der Waals surface area (Å²) in [5.41, 5.74) is 1.49. The number of hydrogen-bond acceptors (Lipinski definition) is 4. The lowest BCUT2D eigenvalue weighted by Crippen LogP contribution is -2.52. The first-order valence-electron chi connectivity index (χ1n) is 12.1. The number of rotatable bonds is 10. The van der Waals surface area contributed by atoms with Crippen molar-refractivity contribution in [1.29, 1.82) is 0 Å². The SMILES string of the molecule is Cc1ccc(S(=O)(=O)N(CC(=O)N(Cc2ccc(F)cc2)[C@@H](C)C(=O)NC(C)C)c2ccc(F)cc2)cc1. The van der Waals surface area contributed by atoms with Gasteiger partial charge in [0.05, 0.1) is 10.6 Å². The molecule has 0 heterocycles. The fourth-order valence-corrected chi connectivity index (χ4v) is 5.16. The smallest absolute Gasteiger partial charge is 0.264 e. The fourth-order valence-electron chi connectivity index (χ4n) is 3.75. The Hall–Kier alpha value is -3.79. The van der Waals surface area contributed by atoms with Crippen LogP contribution >= 0.6 is 0 Å². The van der Waals surface area contributed by atoms with Crippen LogP contribution in [0.3, 0.4) is 0 Å². The van der Waals surface area contributed by atoms with E-state index in [0.29, 0.717) is 5.56 Å². The molecule has 10 heteroatoms. The molecule has 0 saturated heterocycles. The number of carbonyl (C=O) groups excluding carboxylic acids is 2. The molecule has 202 valence electrons. The average Bonchev–Trinajstić information content (AvgIpc) is 2.87. The number of nitrogens with one attached hydrogen (secondary N) is 1. The quantitative estimate of drug-likeness (QED) is 0.411. The lowest BCUT2D eigenvalue weighted by Gasteiger charge is -2.32. The van der Waals surface area contributed by atoms with Crippen molar-refractivity contribution in [3.63, 3.8) is 0 Å². The van der Waals surface area contributed by atoms with Gasteiger partial charge in [0.15, 0.2) is 0 Å². The number of aryl methyl sites for hydroxylation is 1. The molecule has 0 saturated carbocycles. The van der Waals surface area contributed by atoms with Gasteiger partial charge in [-0.25, -0.2) is 17.2 Å². The second kappa shape index (κ2) is 12.2. The Morgan fingerprint density at radius 2 is 1.37 bits per heavy atom. The molecule has 0 aliphatic rings. The third-order valence-corrected chi connectivity index (χ3v) is 7.65. The molecule has 7 nitrogen and oxygen atoms in total. The molecule has 38 heavy (non-hydrogen) atoms. The number of sulfonamides is 1. The molecule has 0 spiro atoms. The Balaban J connectivity index is 2.02. The summed E-state index contributed by atoms with van der Waals surface area (Å²) in [5.74, 6) is -2.11. The van der Waals surface area contributed by atoms with Gasteiger partial charge in [0.1, 0.15) is 24.2 Å². The summed E-state index contributed by atoms with van der Waals surface area (Å²) in [6.45, 7) is 6.20. The third kappa shape index (κ3) is 7.16. The van der Waals surface area contributed by atoms with Gasteiger partial charge in [-0.05, 0) is 81.8 Å². The maximum Gasteiger partial charge on any atom is 0.264 e. The maximum atomic E-state index is 13.7. The van der Waals surface area contributed by atoms with Crippen molar-refractivity contribution < 1.29 is 26.8 Å². The Kier molecular flexibility index (Phi) is 9.22. The van der Waals surface area contributed by atoms with Crippen molar-refractivity contribution >= 4 is 27.5 Å². The first-order chi connectivity index (χ1) is 17.9. The fraction of sp³-hybridized carbons (Fsp3) is 0.286. The topological polar surface area (TPSA) is 86.8 Å². The molecule has 0 aliphatic heterocycles. The zero-order valence-electron chi connectivity index (χ0n) is 21.7. The van der Waals surface area contributed by atoms with E-state index in [4.69, 9.17) is 0 Å². The summed E-state index contributed by atoms with van der Waals surface area (Å²) < 4.78 is 55.4. The van der Waals surface area contributed by atoms with E-state index in [0.717, 1.165) is 22.0 Å². The van der Waals surface area contributed by atoms with E-state index >= 15 is 0 Å². The molecular formula is C28H31F2N3O4S. The van der Waals surface area contributed by atoms with Crippen LogP contribution in [0.1, 0.15) is 31.9 Å². The molecule has 0 bridgehead atoms. The number of nitrogens with zero attached hydrogens (tertiary/aromatic N) is 2. The zero-order valence-corrected chi connectivity index (χ0v) is 22.5. The second-order valence-corrected chi connectivity index (χ2v) is 11.2. The van der Waals surface area contributed by atoms with Gasteiger partial charge in [-0.15, -0.1) is 0 Å². The summed E-state index contributed by atoms with van der Waals surface area (Å²) in [7, 11) is -4.24. The van der Waals surface area contributed by atoms with E-state index in [1.165, 1.54) is 60.4 Å². The minimum atomic E-state index is -4.24. The number of benzene rings is 3. The zero-order chi connectivity index (χ0) is 28.0. The largest absolute Gasteiger partial charge is 0.352 e. The minimum absolute atomic E-state index is 0.0455. The molecular weight excluding hydrogens is 512 g/mol. The molecule has 3 aromatic carbocycles.